The van der Waals surface area contributed by atoms with Crippen LogP contribution in [0.2, 0.25) is 0 Å². The van der Waals surface area contributed by atoms with Crippen molar-refractivity contribution in [1.29, 1.82) is 0 Å². The van der Waals surface area contributed by atoms with Crippen LogP contribution in [-0.2, 0) is 0 Å². The highest BCUT2D eigenvalue weighted by Gasteiger charge is 2.14. The van der Waals surface area contributed by atoms with Crippen LogP contribution in [0.15, 0.2) is 34.9 Å². The summed E-state index contributed by atoms with van der Waals surface area (Å²) in [7, 11) is 0. The van der Waals surface area contributed by atoms with Crippen LogP contribution < -0.4 is 5.32 Å². The van der Waals surface area contributed by atoms with E-state index in [0.29, 0.717) is 11.7 Å². The molecule has 21 heavy (non-hydrogen) atoms. The average molecular weight is 285 g/mol. The van der Waals surface area contributed by atoms with Crippen LogP contribution in [0.4, 0.5) is 10.3 Å². The normalized spacial score (nSPS) is 11.0. The molecule has 3 rings (SSSR count). The van der Waals surface area contributed by atoms with Gasteiger partial charge in [0.05, 0.1) is 6.20 Å². The fourth-order valence-electron chi connectivity index (χ4n) is 2.14. The van der Waals surface area contributed by atoms with E-state index >= 15 is 0 Å². The van der Waals surface area contributed by atoms with Crippen LogP contribution >= 0.6 is 0 Å². The minimum Gasteiger partial charge on any atom is -0.454 e. The van der Waals surface area contributed by atoms with Gasteiger partial charge in [0.2, 0.25) is 5.95 Å². The Morgan fingerprint density at radius 1 is 1.29 bits per heavy atom. The minimum absolute atomic E-state index is 0.178. The molecule has 0 bridgehead atoms. The number of aryl methyl sites for hydroxylation is 1. The summed E-state index contributed by atoms with van der Waals surface area (Å²) in [6.07, 6.45) is 2.11. The fourth-order valence-corrected chi connectivity index (χ4v) is 2.14. The van der Waals surface area contributed by atoms with Crippen molar-refractivity contribution in [1.82, 2.24) is 9.97 Å². The van der Waals surface area contributed by atoms with Crippen LogP contribution in [0, 0.1) is 12.7 Å². The number of hydrogen-bond acceptors (Lipinski definition) is 4. The molecule has 0 fully saturated rings. The van der Waals surface area contributed by atoms with Crippen molar-refractivity contribution >= 4 is 16.9 Å². The second kappa shape index (κ2) is 5.52. The Hall–Kier alpha value is -2.43. The van der Waals surface area contributed by atoms with E-state index in [4.69, 9.17) is 4.42 Å². The summed E-state index contributed by atoms with van der Waals surface area (Å²) >= 11 is 0. The first-order valence-electron chi connectivity index (χ1n) is 6.94. The van der Waals surface area contributed by atoms with Gasteiger partial charge in [-0.15, -0.1) is 0 Å². The van der Waals surface area contributed by atoms with Crippen LogP contribution in [-0.4, -0.2) is 16.5 Å². The lowest BCUT2D eigenvalue weighted by Crippen LogP contribution is -2.05. The highest BCUT2D eigenvalue weighted by Crippen LogP contribution is 2.29. The first-order chi connectivity index (χ1) is 10.2. The molecule has 0 spiro atoms. The van der Waals surface area contributed by atoms with Crippen LogP contribution in [0.25, 0.3) is 22.4 Å². The molecule has 3 aromatic rings. The van der Waals surface area contributed by atoms with Gasteiger partial charge in [0.25, 0.3) is 0 Å². The fraction of sp³-hybridized carbons (Fsp3) is 0.250. The Morgan fingerprint density at radius 3 is 2.95 bits per heavy atom. The molecule has 0 unspecified atom stereocenters. The molecule has 4 nitrogen and oxygen atoms in total. The topological polar surface area (TPSA) is 51.0 Å². The van der Waals surface area contributed by atoms with Crippen molar-refractivity contribution in [3.8, 4) is 11.5 Å². The lowest BCUT2D eigenvalue weighted by molar-refractivity contribution is 0.590. The number of fused-ring (bicyclic) bond motifs is 1. The van der Waals surface area contributed by atoms with Gasteiger partial charge in [-0.05, 0) is 31.5 Å². The Bertz CT molecular complexity index is 782. The number of nitrogens with zero attached hydrogens (tertiary/aromatic N) is 2. The lowest BCUT2D eigenvalue weighted by Gasteiger charge is -2.04. The Labute approximate surface area is 122 Å². The zero-order chi connectivity index (χ0) is 14.8. The predicted molar refractivity (Wildman–Crippen MR) is 80.7 cm³/mol. The first-order valence-corrected chi connectivity index (χ1v) is 6.94. The quantitative estimate of drug-likeness (QED) is 0.782. The molecule has 0 aliphatic carbocycles. The summed E-state index contributed by atoms with van der Waals surface area (Å²) in [5.41, 5.74) is 2.03. The number of nitrogens with one attached hydrogen (secondary N) is 1. The van der Waals surface area contributed by atoms with Crippen LogP contribution in [0.5, 0.6) is 0 Å². The molecule has 0 atom stereocenters. The van der Waals surface area contributed by atoms with Crippen molar-refractivity contribution in [3.63, 3.8) is 0 Å². The third-order valence-corrected chi connectivity index (χ3v) is 3.18. The van der Waals surface area contributed by atoms with Crippen molar-refractivity contribution in [2.45, 2.75) is 20.3 Å². The van der Waals surface area contributed by atoms with E-state index in [2.05, 4.69) is 15.3 Å². The smallest absolute Gasteiger partial charge is 0.223 e. The summed E-state index contributed by atoms with van der Waals surface area (Å²) in [5.74, 6) is 0.327. The molecule has 0 aliphatic rings. The average Bonchev–Trinajstić information content (AvgIpc) is 2.89. The maximum atomic E-state index is 14.0. The monoisotopic (exact) mass is 285 g/mol. The maximum Gasteiger partial charge on any atom is 0.223 e. The predicted octanol–water partition coefficient (Wildman–Crippen LogP) is 4.16. The molecule has 0 saturated carbocycles. The van der Waals surface area contributed by atoms with Gasteiger partial charge in [-0.2, -0.15) is 0 Å². The number of aromatic nitrogens is 2. The number of hydrogen-bond donors (Lipinski definition) is 1. The Balaban J connectivity index is 2.04. The van der Waals surface area contributed by atoms with E-state index in [-0.39, 0.29) is 5.69 Å². The molecule has 108 valence electrons. The molecule has 0 saturated heterocycles. The molecule has 0 amide bonds. The largest absolute Gasteiger partial charge is 0.454 e. The summed E-state index contributed by atoms with van der Waals surface area (Å²) in [6, 6.07) is 7.64. The van der Waals surface area contributed by atoms with Crippen molar-refractivity contribution in [3.05, 3.63) is 41.8 Å². The van der Waals surface area contributed by atoms with Crippen molar-refractivity contribution in [2.24, 2.45) is 0 Å². The molecule has 1 N–H and O–H groups in total. The first kappa shape index (κ1) is 13.5. The molecule has 2 heterocycles. The summed E-state index contributed by atoms with van der Waals surface area (Å²) < 4.78 is 19.7. The lowest BCUT2D eigenvalue weighted by atomic mass is 10.2. The number of furan rings is 1. The Kier molecular flexibility index (Phi) is 3.56. The van der Waals surface area contributed by atoms with Gasteiger partial charge in [-0.25, -0.2) is 14.4 Å². The Morgan fingerprint density at radius 2 is 2.14 bits per heavy atom. The zero-order valence-corrected chi connectivity index (χ0v) is 12.0. The molecule has 1 aromatic carbocycles. The SMILES string of the molecule is CCCNc1ncc(F)c(-c2cc3cc(C)ccc3o2)n1. The molecule has 0 aliphatic heterocycles. The number of benzene rings is 1. The molecular weight excluding hydrogens is 269 g/mol. The van der Waals surface area contributed by atoms with Crippen molar-refractivity contribution < 1.29 is 8.81 Å². The van der Waals surface area contributed by atoms with Gasteiger partial charge in [0.15, 0.2) is 11.6 Å². The summed E-state index contributed by atoms with van der Waals surface area (Å²) in [6.45, 7) is 4.79. The standard InChI is InChI=1S/C16H16FN3O/c1-3-6-18-16-19-9-12(17)15(20-16)14-8-11-7-10(2)4-5-13(11)21-14/h4-5,7-9H,3,6H2,1-2H3,(H,18,19,20). The van der Waals surface area contributed by atoms with E-state index in [1.165, 1.54) is 6.20 Å². The van der Waals surface area contributed by atoms with Gasteiger partial charge in [0, 0.05) is 11.9 Å². The van der Waals surface area contributed by atoms with E-state index in [1.54, 1.807) is 6.07 Å². The third kappa shape index (κ3) is 2.72. The highest BCUT2D eigenvalue weighted by molar-refractivity contribution is 5.82. The van der Waals surface area contributed by atoms with E-state index in [0.717, 1.165) is 29.5 Å². The summed E-state index contributed by atoms with van der Waals surface area (Å²) in [5, 5.41) is 3.98. The second-order valence-electron chi connectivity index (χ2n) is 4.97. The van der Waals surface area contributed by atoms with E-state index in [1.807, 2.05) is 32.0 Å². The van der Waals surface area contributed by atoms with Gasteiger partial charge in [-0.1, -0.05) is 18.6 Å². The van der Waals surface area contributed by atoms with E-state index in [9.17, 15) is 4.39 Å². The van der Waals surface area contributed by atoms with Crippen LogP contribution in [0.3, 0.4) is 0 Å². The molecule has 5 heteroatoms. The highest BCUT2D eigenvalue weighted by atomic mass is 19.1. The minimum atomic E-state index is -0.493. The number of anilines is 1. The second-order valence-corrected chi connectivity index (χ2v) is 4.97. The third-order valence-electron chi connectivity index (χ3n) is 3.18. The molecular formula is C16H16FN3O. The van der Waals surface area contributed by atoms with Gasteiger partial charge in [-0.3, -0.25) is 0 Å². The van der Waals surface area contributed by atoms with Gasteiger partial charge >= 0.3 is 0 Å². The number of rotatable bonds is 4. The maximum absolute atomic E-state index is 14.0. The van der Waals surface area contributed by atoms with Gasteiger partial charge in [0.1, 0.15) is 11.3 Å². The zero-order valence-electron chi connectivity index (χ0n) is 12.0. The van der Waals surface area contributed by atoms with Crippen molar-refractivity contribution in [2.75, 3.05) is 11.9 Å². The number of halogens is 1. The molecule has 2 aromatic heterocycles. The van der Waals surface area contributed by atoms with Crippen LogP contribution in [0.1, 0.15) is 18.9 Å². The molecule has 0 radical (unpaired) electrons. The van der Waals surface area contributed by atoms with E-state index < -0.39 is 5.82 Å². The summed E-state index contributed by atoms with van der Waals surface area (Å²) in [4.78, 5) is 8.14. The van der Waals surface area contributed by atoms with Gasteiger partial charge < -0.3 is 9.73 Å².